The van der Waals surface area contributed by atoms with Crippen LogP contribution in [0.1, 0.15) is 32.8 Å². The molecule has 4 rings (SSSR count). The van der Waals surface area contributed by atoms with Gasteiger partial charge in [0.15, 0.2) is 11.5 Å². The molecule has 0 spiro atoms. The van der Waals surface area contributed by atoms with Crippen molar-refractivity contribution >= 4 is 45.0 Å². The van der Waals surface area contributed by atoms with E-state index in [1.165, 1.54) is 5.56 Å². The highest BCUT2D eigenvalue weighted by atomic mass is 79.9. The molecule has 1 aliphatic heterocycles. The van der Waals surface area contributed by atoms with E-state index in [1.54, 1.807) is 12.4 Å². The summed E-state index contributed by atoms with van der Waals surface area (Å²) in [6, 6.07) is 7.41. The summed E-state index contributed by atoms with van der Waals surface area (Å²) in [6.45, 7) is 8.35. The Labute approximate surface area is 230 Å². The molecule has 11 nitrogen and oxygen atoms in total. The van der Waals surface area contributed by atoms with Crippen LogP contribution in [-0.2, 0) is 10.2 Å². The van der Waals surface area contributed by atoms with E-state index < -0.39 is 5.60 Å². The monoisotopic (exact) mass is 586 g/mol. The van der Waals surface area contributed by atoms with Gasteiger partial charge in [-0.3, -0.25) is 9.20 Å². The topological polar surface area (TPSA) is 136 Å². The number of β-amino-alcohol motifs (C(OH)–C–C–N with tert-alkyl or cyclic N) is 1. The number of benzene rings is 1. The Morgan fingerprint density at radius 2 is 1.87 bits per heavy atom. The van der Waals surface area contributed by atoms with Gasteiger partial charge in [0, 0.05) is 50.8 Å². The van der Waals surface area contributed by atoms with Crippen molar-refractivity contribution in [2.45, 2.75) is 38.2 Å². The first-order valence-corrected chi connectivity index (χ1v) is 13.4. The van der Waals surface area contributed by atoms with Crippen LogP contribution in [0.2, 0.25) is 0 Å². The summed E-state index contributed by atoms with van der Waals surface area (Å²) >= 11 is 3.46. The average Bonchev–Trinajstić information content (AvgIpc) is 3.44. The number of carbonyl (C=O) groups is 2. The molecule has 1 saturated heterocycles. The number of urea groups is 1. The second-order valence-electron chi connectivity index (χ2n) is 10.6. The molecule has 204 valence electrons. The smallest absolute Gasteiger partial charge is 0.319 e. The van der Waals surface area contributed by atoms with Crippen molar-refractivity contribution in [1.29, 1.82) is 0 Å². The fourth-order valence-electron chi connectivity index (χ4n) is 4.36. The van der Waals surface area contributed by atoms with E-state index in [4.69, 9.17) is 0 Å². The molecule has 0 aliphatic carbocycles. The SMILES string of the molecule is CC(C)(C)c1ccc(NC(=O)NCCNC(=O)CNCC2(O)CCN(c3nccn4c(Br)cnc34)C2)cc1. The van der Waals surface area contributed by atoms with Crippen LogP contribution in [0.3, 0.4) is 0 Å². The Kier molecular flexibility index (Phi) is 8.54. The fraction of sp³-hybridized carbons (Fsp3) is 0.462. The van der Waals surface area contributed by atoms with Crippen LogP contribution in [0.5, 0.6) is 0 Å². The number of amides is 3. The lowest BCUT2D eigenvalue weighted by atomic mass is 9.87. The highest BCUT2D eigenvalue weighted by Gasteiger charge is 2.37. The van der Waals surface area contributed by atoms with Crippen LogP contribution in [0, 0.1) is 0 Å². The molecule has 3 amide bonds. The van der Waals surface area contributed by atoms with E-state index in [0.717, 1.165) is 10.3 Å². The molecule has 0 bridgehead atoms. The fourth-order valence-corrected chi connectivity index (χ4v) is 4.75. The maximum atomic E-state index is 12.2. The molecular weight excluding hydrogens is 552 g/mol. The summed E-state index contributed by atoms with van der Waals surface area (Å²) in [6.07, 6.45) is 5.80. The van der Waals surface area contributed by atoms with E-state index in [2.05, 4.69) is 67.9 Å². The van der Waals surface area contributed by atoms with Crippen LogP contribution < -0.4 is 26.2 Å². The third-order valence-electron chi connectivity index (χ3n) is 6.48. The van der Waals surface area contributed by atoms with Gasteiger partial charge in [-0.2, -0.15) is 0 Å². The van der Waals surface area contributed by atoms with Gasteiger partial charge in [-0.25, -0.2) is 14.8 Å². The molecule has 38 heavy (non-hydrogen) atoms. The molecular formula is C26H35BrN8O3. The van der Waals surface area contributed by atoms with Gasteiger partial charge in [-0.05, 0) is 45.5 Å². The average molecular weight is 588 g/mol. The Morgan fingerprint density at radius 3 is 2.61 bits per heavy atom. The number of hydrogen-bond acceptors (Lipinski definition) is 7. The first-order chi connectivity index (χ1) is 18.0. The molecule has 1 fully saturated rings. The maximum absolute atomic E-state index is 12.2. The molecule has 12 heteroatoms. The number of anilines is 2. The molecule has 3 heterocycles. The zero-order valence-electron chi connectivity index (χ0n) is 21.9. The predicted octanol–water partition coefficient (Wildman–Crippen LogP) is 2.26. The van der Waals surface area contributed by atoms with Gasteiger partial charge in [0.2, 0.25) is 5.91 Å². The van der Waals surface area contributed by atoms with Gasteiger partial charge in [-0.1, -0.05) is 32.9 Å². The van der Waals surface area contributed by atoms with E-state index in [0.29, 0.717) is 44.1 Å². The standard InChI is InChI=1S/C26H35BrN8O3/c1-25(2,3)18-4-6-19(7-5-18)33-24(37)31-10-9-29-21(36)15-28-16-26(38)8-12-34(17-26)22-23-32-14-20(27)35(23)13-11-30-22/h4-7,11,13-14,28,38H,8-10,12,15-17H2,1-3H3,(H,29,36)(H2,31,33,37). The third kappa shape index (κ3) is 7.00. The number of carbonyl (C=O) groups excluding carboxylic acids is 2. The number of fused-ring (bicyclic) bond motifs is 1. The minimum absolute atomic E-state index is 0.0499. The number of aliphatic hydroxyl groups is 1. The summed E-state index contributed by atoms with van der Waals surface area (Å²) in [5.41, 5.74) is 1.68. The summed E-state index contributed by atoms with van der Waals surface area (Å²) in [5, 5.41) is 22.3. The zero-order valence-corrected chi connectivity index (χ0v) is 23.5. The summed E-state index contributed by atoms with van der Waals surface area (Å²) in [7, 11) is 0. The molecule has 0 saturated carbocycles. The van der Waals surface area contributed by atoms with Crippen molar-refractivity contribution in [1.82, 2.24) is 30.3 Å². The molecule has 1 unspecified atom stereocenters. The molecule has 5 N–H and O–H groups in total. The van der Waals surface area contributed by atoms with Crippen molar-refractivity contribution in [3.63, 3.8) is 0 Å². The van der Waals surface area contributed by atoms with Crippen LogP contribution in [0.4, 0.5) is 16.3 Å². The molecule has 1 atom stereocenters. The lowest BCUT2D eigenvalue weighted by molar-refractivity contribution is -0.120. The predicted molar refractivity (Wildman–Crippen MR) is 151 cm³/mol. The van der Waals surface area contributed by atoms with Gasteiger partial charge >= 0.3 is 6.03 Å². The van der Waals surface area contributed by atoms with Gasteiger partial charge in [0.05, 0.1) is 18.3 Å². The second-order valence-corrected chi connectivity index (χ2v) is 11.4. The minimum atomic E-state index is -0.983. The van der Waals surface area contributed by atoms with E-state index >= 15 is 0 Å². The summed E-state index contributed by atoms with van der Waals surface area (Å²) in [4.78, 5) is 35.2. The lowest BCUT2D eigenvalue weighted by Crippen LogP contribution is -2.46. The quantitative estimate of drug-likeness (QED) is 0.243. The van der Waals surface area contributed by atoms with Crippen LogP contribution >= 0.6 is 15.9 Å². The number of halogens is 1. The normalized spacial score (nSPS) is 17.6. The Bertz CT molecular complexity index is 1270. The van der Waals surface area contributed by atoms with Crippen LogP contribution in [0.15, 0.2) is 47.5 Å². The number of imidazole rings is 1. The van der Waals surface area contributed by atoms with Gasteiger partial charge in [0.1, 0.15) is 4.60 Å². The number of hydrogen-bond donors (Lipinski definition) is 5. The first-order valence-electron chi connectivity index (χ1n) is 12.6. The van der Waals surface area contributed by atoms with Crippen molar-refractivity contribution < 1.29 is 14.7 Å². The van der Waals surface area contributed by atoms with Crippen molar-refractivity contribution in [2.75, 3.05) is 49.5 Å². The Hall–Kier alpha value is -3.22. The van der Waals surface area contributed by atoms with Crippen LogP contribution in [-0.4, -0.2) is 76.3 Å². The largest absolute Gasteiger partial charge is 0.387 e. The zero-order chi connectivity index (χ0) is 27.3. The van der Waals surface area contributed by atoms with E-state index in [-0.39, 0.29) is 30.4 Å². The van der Waals surface area contributed by atoms with Crippen LogP contribution in [0.25, 0.3) is 5.65 Å². The molecule has 0 radical (unpaired) electrons. The summed E-state index contributed by atoms with van der Waals surface area (Å²) < 4.78 is 2.73. The number of nitrogens with zero attached hydrogens (tertiary/aromatic N) is 4. The first kappa shape index (κ1) is 27.8. The second kappa shape index (κ2) is 11.7. The number of nitrogens with one attached hydrogen (secondary N) is 4. The van der Waals surface area contributed by atoms with Gasteiger partial charge < -0.3 is 31.3 Å². The molecule has 2 aromatic heterocycles. The highest BCUT2D eigenvalue weighted by molar-refractivity contribution is 9.10. The molecule has 1 aromatic carbocycles. The van der Waals surface area contributed by atoms with E-state index in [9.17, 15) is 14.7 Å². The third-order valence-corrected chi connectivity index (χ3v) is 7.06. The number of rotatable bonds is 9. The molecule has 3 aromatic rings. The van der Waals surface area contributed by atoms with Crippen molar-refractivity contribution in [2.24, 2.45) is 0 Å². The van der Waals surface area contributed by atoms with Crippen molar-refractivity contribution in [3.05, 3.63) is 53.0 Å². The van der Waals surface area contributed by atoms with Gasteiger partial charge in [-0.15, -0.1) is 0 Å². The highest BCUT2D eigenvalue weighted by Crippen LogP contribution is 2.28. The maximum Gasteiger partial charge on any atom is 0.319 e. The lowest BCUT2D eigenvalue weighted by Gasteiger charge is -2.24. The number of aromatic nitrogens is 3. The Balaban J connectivity index is 1.12. The van der Waals surface area contributed by atoms with E-state index in [1.807, 2.05) is 39.8 Å². The van der Waals surface area contributed by atoms with Crippen molar-refractivity contribution in [3.8, 4) is 0 Å². The molecule has 1 aliphatic rings. The summed E-state index contributed by atoms with van der Waals surface area (Å²) in [5.74, 6) is 0.502. The van der Waals surface area contributed by atoms with Gasteiger partial charge in [0.25, 0.3) is 0 Å². The Morgan fingerprint density at radius 1 is 1.13 bits per heavy atom. The minimum Gasteiger partial charge on any atom is -0.387 e.